The minimum absolute atomic E-state index is 0.00764. The first-order valence-corrected chi connectivity index (χ1v) is 11.1. The number of anilines is 2. The van der Waals surface area contributed by atoms with E-state index in [1.807, 2.05) is 17.9 Å². The molecular weight excluding hydrogens is 422 g/mol. The molecule has 1 saturated carbocycles. The number of likely N-dealkylation sites (N-methyl/N-ethyl adjacent to an activating group) is 1. The highest BCUT2D eigenvalue weighted by atomic mass is 32.1. The number of aryl methyl sites for hydroxylation is 1. The molecule has 0 radical (unpaired) electrons. The molecule has 5 rings (SSSR count). The van der Waals surface area contributed by atoms with Gasteiger partial charge in [-0.15, -0.1) is 4.98 Å². The summed E-state index contributed by atoms with van der Waals surface area (Å²) in [4.78, 5) is 27.1. The van der Waals surface area contributed by atoms with E-state index in [9.17, 15) is 4.79 Å². The van der Waals surface area contributed by atoms with E-state index < -0.39 is 5.54 Å². The molecule has 32 heavy (non-hydrogen) atoms. The van der Waals surface area contributed by atoms with Crippen LogP contribution in [0.4, 0.5) is 17.2 Å². The lowest BCUT2D eigenvalue weighted by atomic mass is 9.75. The van der Waals surface area contributed by atoms with Gasteiger partial charge < -0.3 is 14.5 Å². The van der Waals surface area contributed by atoms with Gasteiger partial charge in [-0.05, 0) is 81.8 Å². The Morgan fingerprint density at radius 2 is 1.88 bits per heavy atom. The van der Waals surface area contributed by atoms with E-state index in [1.165, 1.54) is 5.56 Å². The van der Waals surface area contributed by atoms with Gasteiger partial charge in [-0.1, -0.05) is 18.7 Å². The second kappa shape index (κ2) is 7.34. The number of thiocarbonyl (C=S) groups is 1. The number of amides is 1. The van der Waals surface area contributed by atoms with Crippen LogP contribution in [-0.4, -0.2) is 53.8 Å². The maximum Gasteiger partial charge on any atom is 0.272 e. The lowest BCUT2D eigenvalue weighted by Gasteiger charge is -2.47. The number of aromatic nitrogens is 1. The first kappa shape index (κ1) is 21.0. The highest BCUT2D eigenvalue weighted by molar-refractivity contribution is 7.81. The minimum atomic E-state index is -0.635. The molecule has 1 aromatic heterocycles. The second-order valence-electron chi connectivity index (χ2n) is 9.06. The standard InChI is InChI=1S/C24H25N5O2S/c1-16-12-19(13-26-20(16)25-2)28-21(30)23(10-5-11-23)29(22(28)32)18-8-6-17(7-9-18)24(27(3)4)14-31-15-24/h6-9,12-13H,5,10-11,14-15H2,1,3-4H3. The van der Waals surface area contributed by atoms with Gasteiger partial charge in [-0.2, -0.15) is 0 Å². The lowest BCUT2D eigenvalue weighted by molar-refractivity contribution is -0.130. The molecule has 1 aliphatic carbocycles. The molecule has 1 aromatic carbocycles. The molecule has 2 aromatic rings. The fraction of sp³-hybridized carbons (Fsp3) is 0.417. The van der Waals surface area contributed by atoms with E-state index >= 15 is 0 Å². The third-order valence-electron chi connectivity index (χ3n) is 7.19. The second-order valence-corrected chi connectivity index (χ2v) is 9.42. The van der Waals surface area contributed by atoms with Crippen molar-refractivity contribution >= 4 is 40.4 Å². The predicted molar refractivity (Wildman–Crippen MR) is 127 cm³/mol. The Labute approximate surface area is 193 Å². The number of rotatable bonds is 4. The molecule has 0 bridgehead atoms. The highest BCUT2D eigenvalue weighted by Gasteiger charge is 2.59. The Hall–Kier alpha value is -2.86. The Morgan fingerprint density at radius 3 is 2.34 bits per heavy atom. The molecule has 3 heterocycles. The summed E-state index contributed by atoms with van der Waals surface area (Å²) in [6.45, 7) is 10.4. The largest absolute Gasteiger partial charge is 0.377 e. The topological polar surface area (TPSA) is 53.3 Å². The molecule has 1 amide bonds. The summed E-state index contributed by atoms with van der Waals surface area (Å²) >= 11 is 5.85. The SMILES string of the molecule is [C-]#[N+]c1ncc(N2C(=O)C3(CCC3)N(c3ccc(C4(N(C)C)COC4)cc3)C2=S)cc1C. The quantitative estimate of drug-likeness (QED) is 0.525. The molecule has 2 aliphatic heterocycles. The third kappa shape index (κ3) is 2.75. The van der Waals surface area contributed by atoms with Gasteiger partial charge in [0.25, 0.3) is 11.7 Å². The van der Waals surface area contributed by atoms with Gasteiger partial charge in [0.15, 0.2) is 5.11 Å². The Bertz CT molecular complexity index is 1150. The average Bonchev–Trinajstić information content (AvgIpc) is 2.94. The minimum Gasteiger partial charge on any atom is -0.377 e. The van der Waals surface area contributed by atoms with Crippen LogP contribution in [-0.2, 0) is 15.1 Å². The molecule has 0 N–H and O–H groups in total. The van der Waals surface area contributed by atoms with Crippen LogP contribution in [0.25, 0.3) is 4.85 Å². The van der Waals surface area contributed by atoms with Crippen LogP contribution in [0.5, 0.6) is 0 Å². The highest BCUT2D eigenvalue weighted by Crippen LogP contribution is 2.48. The summed E-state index contributed by atoms with van der Waals surface area (Å²) in [6, 6.07) is 10.2. The van der Waals surface area contributed by atoms with Crippen LogP contribution in [0.3, 0.4) is 0 Å². The fourth-order valence-electron chi connectivity index (χ4n) is 4.90. The molecule has 0 unspecified atom stereocenters. The number of pyridine rings is 1. The number of hydrogen-bond donors (Lipinski definition) is 0. The van der Waals surface area contributed by atoms with Crippen LogP contribution in [0.2, 0.25) is 0 Å². The Kier molecular flexibility index (Phi) is 4.82. The smallest absolute Gasteiger partial charge is 0.272 e. The van der Waals surface area contributed by atoms with E-state index in [2.05, 4.69) is 53.1 Å². The summed E-state index contributed by atoms with van der Waals surface area (Å²) in [5.74, 6) is 0.332. The third-order valence-corrected chi connectivity index (χ3v) is 7.56. The van der Waals surface area contributed by atoms with Gasteiger partial charge in [-0.3, -0.25) is 14.6 Å². The number of benzene rings is 1. The number of carbonyl (C=O) groups is 1. The van der Waals surface area contributed by atoms with Crippen molar-refractivity contribution in [2.45, 2.75) is 37.3 Å². The van der Waals surface area contributed by atoms with Gasteiger partial charge in [0.1, 0.15) is 11.7 Å². The van der Waals surface area contributed by atoms with Crippen LogP contribution in [0.1, 0.15) is 30.4 Å². The van der Waals surface area contributed by atoms with E-state index in [1.54, 1.807) is 11.1 Å². The zero-order valence-corrected chi connectivity index (χ0v) is 19.3. The molecule has 164 valence electrons. The molecule has 7 nitrogen and oxygen atoms in total. The summed E-state index contributed by atoms with van der Waals surface area (Å²) in [7, 11) is 4.14. The Morgan fingerprint density at radius 1 is 1.19 bits per heavy atom. The maximum atomic E-state index is 13.6. The predicted octanol–water partition coefficient (Wildman–Crippen LogP) is 3.79. The number of carbonyl (C=O) groups excluding carboxylic acids is 1. The number of hydrogen-bond acceptors (Lipinski definition) is 5. The van der Waals surface area contributed by atoms with Crippen molar-refractivity contribution in [3.63, 3.8) is 0 Å². The molecule has 2 saturated heterocycles. The van der Waals surface area contributed by atoms with Crippen molar-refractivity contribution in [3.05, 3.63) is 59.1 Å². The lowest BCUT2D eigenvalue weighted by Crippen LogP contribution is -2.56. The van der Waals surface area contributed by atoms with Gasteiger partial charge in [0, 0.05) is 5.69 Å². The van der Waals surface area contributed by atoms with Crippen LogP contribution in [0, 0.1) is 13.5 Å². The molecule has 3 fully saturated rings. The van der Waals surface area contributed by atoms with Crippen LogP contribution in [0.15, 0.2) is 36.5 Å². The van der Waals surface area contributed by atoms with Crippen molar-refractivity contribution < 1.29 is 9.53 Å². The van der Waals surface area contributed by atoms with E-state index in [0.29, 0.717) is 29.8 Å². The maximum absolute atomic E-state index is 13.6. The van der Waals surface area contributed by atoms with Gasteiger partial charge in [-0.25, -0.2) is 0 Å². The Balaban J connectivity index is 1.51. The first-order valence-electron chi connectivity index (χ1n) is 10.7. The van der Waals surface area contributed by atoms with Gasteiger partial charge in [0.2, 0.25) is 0 Å². The van der Waals surface area contributed by atoms with E-state index in [0.717, 1.165) is 30.5 Å². The zero-order chi connectivity index (χ0) is 22.7. The van der Waals surface area contributed by atoms with Gasteiger partial charge in [0.05, 0.1) is 24.4 Å². The van der Waals surface area contributed by atoms with E-state index in [4.69, 9.17) is 23.5 Å². The number of nitrogens with zero attached hydrogens (tertiary/aromatic N) is 5. The van der Waals surface area contributed by atoms with Crippen molar-refractivity contribution in [1.29, 1.82) is 0 Å². The summed E-state index contributed by atoms with van der Waals surface area (Å²) in [5, 5.41) is 0.466. The molecule has 8 heteroatoms. The van der Waals surface area contributed by atoms with Crippen LogP contribution < -0.4 is 9.80 Å². The summed E-state index contributed by atoms with van der Waals surface area (Å²) in [6.07, 6.45) is 4.10. The molecule has 3 aliphatic rings. The van der Waals surface area contributed by atoms with E-state index in [-0.39, 0.29) is 11.4 Å². The average molecular weight is 448 g/mol. The monoisotopic (exact) mass is 447 g/mol. The van der Waals surface area contributed by atoms with Crippen LogP contribution >= 0.6 is 12.2 Å². The fourth-order valence-corrected chi connectivity index (χ4v) is 5.37. The molecular formula is C24H25N5O2S. The normalized spacial score (nSPS) is 21.0. The van der Waals surface area contributed by atoms with Crippen molar-refractivity contribution in [1.82, 2.24) is 9.88 Å². The van der Waals surface area contributed by atoms with Crippen molar-refractivity contribution in [2.75, 3.05) is 37.1 Å². The van der Waals surface area contributed by atoms with Crippen molar-refractivity contribution in [3.8, 4) is 0 Å². The summed E-state index contributed by atoms with van der Waals surface area (Å²) < 4.78 is 5.52. The molecule has 0 atom stereocenters. The number of ether oxygens (including phenoxy) is 1. The summed E-state index contributed by atoms with van der Waals surface area (Å²) in [5.41, 5.74) is 2.73. The van der Waals surface area contributed by atoms with Gasteiger partial charge >= 0.3 is 0 Å². The van der Waals surface area contributed by atoms with Crippen molar-refractivity contribution in [2.24, 2.45) is 0 Å². The molecule has 1 spiro atoms. The first-order chi connectivity index (χ1) is 15.3. The zero-order valence-electron chi connectivity index (χ0n) is 18.5.